The van der Waals surface area contributed by atoms with Gasteiger partial charge in [0.25, 0.3) is 0 Å². The number of hydrogen-bond donors (Lipinski definition) is 0. The van der Waals surface area contributed by atoms with Crippen molar-refractivity contribution in [3.8, 4) is 0 Å². The van der Waals surface area contributed by atoms with E-state index in [4.69, 9.17) is 9.47 Å². The summed E-state index contributed by atoms with van der Waals surface area (Å²) in [6.45, 7) is 1.40. The molecule has 4 heteroatoms. The highest BCUT2D eigenvalue weighted by Crippen LogP contribution is 2.22. The number of esters is 2. The minimum atomic E-state index is -0.324. The first kappa shape index (κ1) is 15.0. The Bertz CT molecular complexity index is 545. The van der Waals surface area contributed by atoms with Crippen LogP contribution >= 0.6 is 0 Å². The maximum atomic E-state index is 11.2. The number of hydrogen-bond acceptors (Lipinski definition) is 4. The first-order chi connectivity index (χ1) is 10.1. The maximum Gasteiger partial charge on any atom is 0.331 e. The lowest BCUT2D eigenvalue weighted by Gasteiger charge is -2.17. The normalized spacial score (nSPS) is 19.3. The fourth-order valence-electron chi connectivity index (χ4n) is 2.13. The molecule has 21 heavy (non-hydrogen) atoms. The lowest BCUT2D eigenvalue weighted by Crippen LogP contribution is -2.17. The van der Waals surface area contributed by atoms with Crippen LogP contribution < -0.4 is 0 Å². The number of benzene rings is 1. The maximum absolute atomic E-state index is 11.2. The van der Waals surface area contributed by atoms with Crippen LogP contribution in [-0.2, 0) is 19.1 Å². The Morgan fingerprint density at radius 2 is 2.19 bits per heavy atom. The Morgan fingerprint density at radius 1 is 1.43 bits per heavy atom. The van der Waals surface area contributed by atoms with Crippen molar-refractivity contribution < 1.29 is 19.1 Å². The van der Waals surface area contributed by atoms with Crippen LogP contribution in [0.2, 0.25) is 0 Å². The van der Waals surface area contributed by atoms with Crippen molar-refractivity contribution in [1.82, 2.24) is 0 Å². The number of rotatable bonds is 5. The monoisotopic (exact) mass is 286 g/mol. The topological polar surface area (TPSA) is 52.6 Å². The minimum Gasteiger partial charge on any atom is -0.457 e. The molecule has 0 aromatic heterocycles. The van der Waals surface area contributed by atoms with Gasteiger partial charge in [-0.15, -0.1) is 0 Å². The molecule has 1 aliphatic heterocycles. The van der Waals surface area contributed by atoms with E-state index in [1.54, 1.807) is 6.08 Å². The predicted octanol–water partition coefficient (Wildman–Crippen LogP) is 3.11. The Balaban J connectivity index is 1.97. The molecule has 0 radical (unpaired) electrons. The molecule has 0 N–H and O–H groups in total. The van der Waals surface area contributed by atoms with Crippen molar-refractivity contribution in [3.05, 3.63) is 60.2 Å². The van der Waals surface area contributed by atoms with Gasteiger partial charge < -0.3 is 9.47 Å². The summed E-state index contributed by atoms with van der Waals surface area (Å²) in [6.07, 6.45) is 7.59. The Kier molecular flexibility index (Phi) is 5.32. The first-order valence-electron chi connectivity index (χ1n) is 6.91. The van der Waals surface area contributed by atoms with Crippen LogP contribution in [-0.4, -0.2) is 18.0 Å². The molecule has 2 atom stereocenters. The molecule has 0 aliphatic carbocycles. The first-order valence-corrected chi connectivity index (χ1v) is 6.91. The van der Waals surface area contributed by atoms with Crippen molar-refractivity contribution in [2.75, 3.05) is 0 Å². The van der Waals surface area contributed by atoms with Gasteiger partial charge in [-0.1, -0.05) is 42.5 Å². The van der Waals surface area contributed by atoms with Gasteiger partial charge in [0, 0.05) is 25.8 Å². The lowest BCUT2D eigenvalue weighted by atomic mass is 10.1. The van der Waals surface area contributed by atoms with Crippen molar-refractivity contribution >= 4 is 11.9 Å². The second-order valence-electron chi connectivity index (χ2n) is 4.79. The van der Waals surface area contributed by atoms with Gasteiger partial charge in [0.15, 0.2) is 0 Å². The van der Waals surface area contributed by atoms with Crippen LogP contribution in [0.5, 0.6) is 0 Å². The number of carbonyl (C=O) groups excluding carboxylic acids is 2. The van der Waals surface area contributed by atoms with Gasteiger partial charge in [0.1, 0.15) is 12.2 Å². The van der Waals surface area contributed by atoms with Gasteiger partial charge in [-0.05, 0) is 11.6 Å². The van der Waals surface area contributed by atoms with Crippen LogP contribution in [0, 0.1) is 0 Å². The van der Waals surface area contributed by atoms with Gasteiger partial charge in [-0.25, -0.2) is 4.79 Å². The molecule has 110 valence electrons. The Labute approximate surface area is 124 Å². The molecular formula is C17H18O4. The highest BCUT2D eigenvalue weighted by atomic mass is 16.5. The van der Waals surface area contributed by atoms with E-state index >= 15 is 0 Å². The fourth-order valence-corrected chi connectivity index (χ4v) is 2.13. The number of carbonyl (C=O) groups is 2. The third kappa shape index (κ3) is 4.91. The second-order valence-corrected chi connectivity index (χ2v) is 4.79. The summed E-state index contributed by atoms with van der Waals surface area (Å²) in [4.78, 5) is 22.3. The SMILES string of the molecule is CC(=O)OC(CC=CC1CC=CC(=O)O1)c1ccccc1. The van der Waals surface area contributed by atoms with E-state index in [0.29, 0.717) is 12.8 Å². The van der Waals surface area contributed by atoms with Crippen molar-refractivity contribution in [2.24, 2.45) is 0 Å². The summed E-state index contributed by atoms with van der Waals surface area (Å²) in [5, 5.41) is 0. The van der Waals surface area contributed by atoms with Crippen LogP contribution in [0.15, 0.2) is 54.6 Å². The summed E-state index contributed by atoms with van der Waals surface area (Å²) in [5.74, 6) is -0.639. The highest BCUT2D eigenvalue weighted by Gasteiger charge is 2.15. The zero-order valence-corrected chi connectivity index (χ0v) is 11.9. The standard InChI is InChI=1S/C17H18O4/c1-13(18)20-16(14-7-3-2-4-8-14)11-5-9-15-10-6-12-17(19)21-15/h2-9,12,15-16H,10-11H2,1H3. The van der Waals surface area contributed by atoms with E-state index in [2.05, 4.69) is 0 Å². The van der Waals surface area contributed by atoms with Gasteiger partial charge in [-0.2, -0.15) is 0 Å². The van der Waals surface area contributed by atoms with E-state index in [9.17, 15) is 9.59 Å². The van der Waals surface area contributed by atoms with E-state index in [0.717, 1.165) is 5.56 Å². The summed E-state index contributed by atoms with van der Waals surface area (Å²) in [7, 11) is 0. The van der Waals surface area contributed by atoms with Crippen molar-refractivity contribution in [2.45, 2.75) is 32.0 Å². The van der Waals surface area contributed by atoms with E-state index in [-0.39, 0.29) is 24.1 Å². The third-order valence-corrected chi connectivity index (χ3v) is 3.07. The molecule has 0 saturated carbocycles. The van der Waals surface area contributed by atoms with Gasteiger partial charge >= 0.3 is 11.9 Å². The molecule has 0 spiro atoms. The smallest absolute Gasteiger partial charge is 0.331 e. The lowest BCUT2D eigenvalue weighted by molar-refractivity contribution is -0.146. The zero-order chi connectivity index (χ0) is 15.1. The van der Waals surface area contributed by atoms with E-state index < -0.39 is 0 Å². The summed E-state index contributed by atoms with van der Waals surface area (Å²) in [5.41, 5.74) is 0.942. The van der Waals surface area contributed by atoms with Crippen LogP contribution in [0.3, 0.4) is 0 Å². The molecule has 1 aliphatic rings. The number of ether oxygens (including phenoxy) is 2. The Hall–Kier alpha value is -2.36. The average molecular weight is 286 g/mol. The molecule has 2 unspecified atom stereocenters. The molecule has 0 amide bonds. The Morgan fingerprint density at radius 3 is 2.86 bits per heavy atom. The van der Waals surface area contributed by atoms with Gasteiger partial charge in [-0.3, -0.25) is 4.79 Å². The quantitative estimate of drug-likeness (QED) is 0.616. The van der Waals surface area contributed by atoms with E-state index in [1.807, 2.05) is 42.5 Å². The zero-order valence-electron chi connectivity index (χ0n) is 11.9. The average Bonchev–Trinajstić information content (AvgIpc) is 2.47. The highest BCUT2D eigenvalue weighted by molar-refractivity contribution is 5.82. The minimum absolute atomic E-state index is 0.240. The van der Waals surface area contributed by atoms with E-state index in [1.165, 1.54) is 13.0 Å². The van der Waals surface area contributed by atoms with Crippen molar-refractivity contribution in [1.29, 1.82) is 0 Å². The number of cyclic esters (lactones) is 1. The molecule has 0 saturated heterocycles. The predicted molar refractivity (Wildman–Crippen MR) is 78.3 cm³/mol. The van der Waals surface area contributed by atoms with Gasteiger partial charge in [0.2, 0.25) is 0 Å². The third-order valence-electron chi connectivity index (χ3n) is 3.07. The van der Waals surface area contributed by atoms with Crippen molar-refractivity contribution in [3.63, 3.8) is 0 Å². The second kappa shape index (κ2) is 7.43. The van der Waals surface area contributed by atoms with Crippen LogP contribution in [0.1, 0.15) is 31.4 Å². The molecule has 2 rings (SSSR count). The van der Waals surface area contributed by atoms with Crippen LogP contribution in [0.25, 0.3) is 0 Å². The summed E-state index contributed by atoms with van der Waals surface area (Å²) >= 11 is 0. The van der Waals surface area contributed by atoms with Crippen LogP contribution in [0.4, 0.5) is 0 Å². The molecule has 1 aromatic carbocycles. The summed E-state index contributed by atoms with van der Waals surface area (Å²) in [6, 6.07) is 9.57. The largest absolute Gasteiger partial charge is 0.457 e. The summed E-state index contributed by atoms with van der Waals surface area (Å²) < 4.78 is 10.5. The molecule has 1 heterocycles. The van der Waals surface area contributed by atoms with Gasteiger partial charge in [0.05, 0.1) is 0 Å². The molecule has 4 nitrogen and oxygen atoms in total. The fraction of sp³-hybridized carbons (Fsp3) is 0.294. The molecular weight excluding hydrogens is 268 g/mol. The molecule has 1 aromatic rings. The molecule has 0 bridgehead atoms. The molecule has 0 fully saturated rings.